The molecule has 0 aromatic carbocycles. The van der Waals surface area contributed by atoms with Crippen LogP contribution < -0.4 is 0 Å². The zero-order valence-corrected chi connectivity index (χ0v) is 8.14. The molecule has 0 radical (unpaired) electrons. The number of hydrogen-bond acceptors (Lipinski definition) is 2. The van der Waals surface area contributed by atoms with Crippen molar-refractivity contribution in [1.82, 2.24) is 4.90 Å². The van der Waals surface area contributed by atoms with Gasteiger partial charge in [-0.25, -0.2) is 0 Å². The predicted molar refractivity (Wildman–Crippen MR) is 46.1 cm³/mol. The first-order valence-electron chi connectivity index (χ1n) is 4.75. The van der Waals surface area contributed by atoms with Crippen molar-refractivity contribution >= 4 is 11.7 Å². The summed E-state index contributed by atoms with van der Waals surface area (Å²) in [7, 11) is 0. The topological polar surface area (TPSA) is 37.4 Å². The Bertz CT molecular complexity index is 263. The minimum Gasteiger partial charge on any atom is -0.335 e. The van der Waals surface area contributed by atoms with E-state index in [0.717, 1.165) is 0 Å². The number of piperidine rings is 1. The fourth-order valence-electron chi connectivity index (χ4n) is 1.46. The maximum absolute atomic E-state index is 11.8. The Kier molecular flexibility index (Phi) is 3.71. The lowest BCUT2D eigenvalue weighted by molar-refractivity contribution is -0.150. The van der Waals surface area contributed by atoms with Crippen molar-refractivity contribution in [2.75, 3.05) is 13.1 Å². The maximum Gasteiger partial charge on any atom is 0.389 e. The molecule has 1 saturated heterocycles. The molecule has 0 spiro atoms. The summed E-state index contributed by atoms with van der Waals surface area (Å²) >= 11 is 0. The Hall–Kier alpha value is -1.07. The lowest BCUT2D eigenvalue weighted by Gasteiger charge is -2.25. The summed E-state index contributed by atoms with van der Waals surface area (Å²) < 4.78 is 35.5. The summed E-state index contributed by atoms with van der Waals surface area (Å²) in [5.74, 6) is -0.665. The summed E-state index contributed by atoms with van der Waals surface area (Å²) in [6.07, 6.45) is -5.01. The van der Waals surface area contributed by atoms with Gasteiger partial charge in [0, 0.05) is 19.4 Å². The first kappa shape index (κ1) is 12.0. The van der Waals surface area contributed by atoms with E-state index in [2.05, 4.69) is 0 Å². The van der Waals surface area contributed by atoms with E-state index in [-0.39, 0.29) is 12.3 Å². The van der Waals surface area contributed by atoms with Crippen molar-refractivity contribution in [2.45, 2.75) is 31.9 Å². The van der Waals surface area contributed by atoms with Crippen LogP contribution in [0.1, 0.15) is 25.7 Å². The zero-order valence-electron chi connectivity index (χ0n) is 8.14. The van der Waals surface area contributed by atoms with E-state index in [9.17, 15) is 22.8 Å². The number of likely N-dealkylation sites (tertiary alicyclic amines) is 1. The quantitative estimate of drug-likeness (QED) is 0.711. The highest BCUT2D eigenvalue weighted by molar-refractivity contribution is 5.87. The molecule has 6 heteroatoms. The molecule has 1 heterocycles. The van der Waals surface area contributed by atoms with E-state index in [1.807, 2.05) is 0 Å². The highest BCUT2D eigenvalue weighted by atomic mass is 19.4. The number of carbonyl (C=O) groups is 2. The molecular weight excluding hydrogens is 211 g/mol. The Balaban J connectivity index is 2.36. The van der Waals surface area contributed by atoms with Crippen LogP contribution in [-0.2, 0) is 9.59 Å². The third kappa shape index (κ3) is 4.31. The zero-order chi connectivity index (χ0) is 11.5. The fraction of sp³-hybridized carbons (Fsp3) is 0.778. The average Bonchev–Trinajstić information content (AvgIpc) is 2.13. The number of Topliss-reactive ketones (excluding diaryl/α,β-unsaturated/α-hetero) is 1. The number of carbonyl (C=O) groups excluding carboxylic acids is 2. The first-order chi connectivity index (χ1) is 6.88. The lowest BCUT2D eigenvalue weighted by Crippen LogP contribution is -2.40. The molecule has 0 saturated carbocycles. The molecular formula is C9H12F3NO2. The number of alkyl halides is 3. The third-order valence-corrected chi connectivity index (χ3v) is 2.23. The van der Waals surface area contributed by atoms with Gasteiger partial charge in [0.05, 0.1) is 13.0 Å². The molecule has 0 aromatic heterocycles. The van der Waals surface area contributed by atoms with Crippen LogP contribution >= 0.6 is 0 Å². The number of nitrogens with zero attached hydrogens (tertiary/aromatic N) is 1. The van der Waals surface area contributed by atoms with Crippen LogP contribution in [0, 0.1) is 0 Å². The highest BCUT2D eigenvalue weighted by Crippen LogP contribution is 2.22. The molecule has 0 unspecified atom stereocenters. The van der Waals surface area contributed by atoms with Crippen molar-refractivity contribution in [1.29, 1.82) is 0 Å². The van der Waals surface area contributed by atoms with E-state index in [1.54, 1.807) is 0 Å². The van der Waals surface area contributed by atoms with Gasteiger partial charge in [0.2, 0.25) is 5.91 Å². The largest absolute Gasteiger partial charge is 0.389 e. The molecule has 1 rings (SSSR count). The van der Waals surface area contributed by atoms with Crippen LogP contribution in [0.25, 0.3) is 0 Å². The van der Waals surface area contributed by atoms with Gasteiger partial charge in [0.25, 0.3) is 0 Å². The summed E-state index contributed by atoms with van der Waals surface area (Å²) in [4.78, 5) is 23.4. The van der Waals surface area contributed by atoms with Crippen molar-refractivity contribution in [3.05, 3.63) is 0 Å². The van der Waals surface area contributed by atoms with E-state index in [0.29, 0.717) is 19.4 Å². The Morgan fingerprint density at radius 2 is 2.07 bits per heavy atom. The Morgan fingerprint density at radius 1 is 1.40 bits per heavy atom. The monoisotopic (exact) mass is 223 g/mol. The van der Waals surface area contributed by atoms with Gasteiger partial charge in [-0.2, -0.15) is 13.2 Å². The predicted octanol–water partition coefficient (Wildman–Crippen LogP) is 1.52. The smallest absolute Gasteiger partial charge is 0.335 e. The van der Waals surface area contributed by atoms with Gasteiger partial charge < -0.3 is 4.90 Å². The van der Waals surface area contributed by atoms with Gasteiger partial charge in [-0.3, -0.25) is 9.59 Å². The number of rotatable bonds is 2. The van der Waals surface area contributed by atoms with Crippen LogP contribution in [0.2, 0.25) is 0 Å². The van der Waals surface area contributed by atoms with Crippen LogP contribution in [0.4, 0.5) is 13.2 Å². The first-order valence-corrected chi connectivity index (χ1v) is 4.75. The van der Waals surface area contributed by atoms with E-state index >= 15 is 0 Å². The average molecular weight is 223 g/mol. The number of halogens is 3. The normalized spacial score (nSPS) is 18.1. The minimum atomic E-state index is -4.31. The van der Waals surface area contributed by atoms with Crippen molar-refractivity contribution < 1.29 is 22.8 Å². The maximum atomic E-state index is 11.8. The van der Waals surface area contributed by atoms with Crippen LogP contribution in [0.3, 0.4) is 0 Å². The molecule has 0 aliphatic carbocycles. The second-order valence-corrected chi connectivity index (χ2v) is 3.57. The van der Waals surface area contributed by atoms with Crippen molar-refractivity contribution in [2.24, 2.45) is 0 Å². The molecule has 3 nitrogen and oxygen atoms in total. The SMILES string of the molecule is O=C1CCCN(C(=O)CCC(F)(F)F)C1. The molecule has 0 N–H and O–H groups in total. The lowest BCUT2D eigenvalue weighted by atomic mass is 10.1. The molecule has 1 aliphatic rings. The minimum absolute atomic E-state index is 0.0311. The molecule has 1 aliphatic heterocycles. The molecule has 86 valence electrons. The summed E-state index contributed by atoms with van der Waals surface area (Å²) in [5.41, 5.74) is 0. The van der Waals surface area contributed by atoms with Gasteiger partial charge in [0.1, 0.15) is 0 Å². The summed E-state index contributed by atoms with van der Waals surface area (Å²) in [6.45, 7) is 0.360. The van der Waals surface area contributed by atoms with E-state index in [1.165, 1.54) is 4.90 Å². The van der Waals surface area contributed by atoms with E-state index in [4.69, 9.17) is 0 Å². The molecule has 0 atom stereocenters. The van der Waals surface area contributed by atoms with Gasteiger partial charge >= 0.3 is 6.18 Å². The summed E-state index contributed by atoms with van der Waals surface area (Å²) in [5, 5.41) is 0. The third-order valence-electron chi connectivity index (χ3n) is 2.23. The van der Waals surface area contributed by atoms with Crippen LogP contribution in [0.15, 0.2) is 0 Å². The molecule has 0 aromatic rings. The van der Waals surface area contributed by atoms with Crippen LogP contribution in [-0.4, -0.2) is 35.9 Å². The number of hydrogen-bond donors (Lipinski definition) is 0. The molecule has 1 amide bonds. The summed E-state index contributed by atoms with van der Waals surface area (Å²) in [6, 6.07) is 0. The van der Waals surface area contributed by atoms with E-state index < -0.39 is 24.9 Å². The second-order valence-electron chi connectivity index (χ2n) is 3.57. The molecule has 0 bridgehead atoms. The van der Waals surface area contributed by atoms with Gasteiger partial charge in [-0.05, 0) is 6.42 Å². The second kappa shape index (κ2) is 4.63. The van der Waals surface area contributed by atoms with Gasteiger partial charge in [0.15, 0.2) is 5.78 Å². The van der Waals surface area contributed by atoms with Crippen molar-refractivity contribution in [3.8, 4) is 0 Å². The molecule has 1 fully saturated rings. The molecule has 15 heavy (non-hydrogen) atoms. The highest BCUT2D eigenvalue weighted by Gasteiger charge is 2.30. The standard InChI is InChI=1S/C9H12F3NO2/c10-9(11,12)4-3-8(15)13-5-1-2-7(14)6-13/h1-6H2. The Labute approximate surface area is 85.2 Å². The Morgan fingerprint density at radius 3 is 2.60 bits per heavy atom. The van der Waals surface area contributed by atoms with Crippen molar-refractivity contribution in [3.63, 3.8) is 0 Å². The van der Waals surface area contributed by atoms with Gasteiger partial charge in [-0.1, -0.05) is 0 Å². The fourth-order valence-corrected chi connectivity index (χ4v) is 1.46. The number of ketones is 1. The van der Waals surface area contributed by atoms with Crippen LogP contribution in [0.5, 0.6) is 0 Å². The number of amides is 1. The van der Waals surface area contributed by atoms with Gasteiger partial charge in [-0.15, -0.1) is 0 Å².